The molecule has 136 heavy (non-hydrogen) atoms. The molecule has 0 unspecified atom stereocenters. The van der Waals surface area contributed by atoms with Crippen LogP contribution in [0.5, 0.6) is 5.75 Å². The van der Waals surface area contributed by atoms with Gasteiger partial charge in [0.15, 0.2) is 0 Å². The zero-order valence-corrected chi connectivity index (χ0v) is 75.0. The molecule has 28 aromatic rings. The molecule has 0 aliphatic heterocycles. The van der Waals surface area contributed by atoms with Crippen molar-refractivity contribution in [2.45, 2.75) is 6.92 Å². The summed E-state index contributed by atoms with van der Waals surface area (Å²) in [6.07, 6.45) is 0. The zero-order chi connectivity index (χ0) is 90.0. The summed E-state index contributed by atoms with van der Waals surface area (Å²) in [6, 6.07) is 180. The summed E-state index contributed by atoms with van der Waals surface area (Å²) >= 11 is 0. The van der Waals surface area contributed by atoms with E-state index < -0.39 is 0 Å². The number of nitrogens with zero attached hydrogens (tertiary/aromatic N) is 3. The van der Waals surface area contributed by atoms with Gasteiger partial charge >= 0.3 is 0 Å². The van der Waals surface area contributed by atoms with Crippen LogP contribution in [-0.4, -0.2) is 20.8 Å². The lowest BCUT2D eigenvalue weighted by atomic mass is 9.85. The summed E-state index contributed by atoms with van der Waals surface area (Å²) in [4.78, 5) is 0. The van der Waals surface area contributed by atoms with Gasteiger partial charge in [0.1, 0.15) is 5.75 Å². The minimum absolute atomic E-state index is 0.874. The van der Waals surface area contributed by atoms with E-state index in [1.54, 1.807) is 7.11 Å². The number of aryl methyl sites for hydroxylation is 1. The van der Waals surface area contributed by atoms with Crippen molar-refractivity contribution in [1.82, 2.24) is 13.7 Å². The van der Waals surface area contributed by atoms with Crippen molar-refractivity contribution >= 4 is 173 Å². The molecule has 3 aromatic heterocycles. The van der Waals surface area contributed by atoms with Crippen molar-refractivity contribution in [1.29, 1.82) is 0 Å². The molecule has 0 N–H and O–H groups in total. The smallest absolute Gasteiger partial charge is 0.119 e. The maximum Gasteiger partial charge on any atom is 0.119 e. The van der Waals surface area contributed by atoms with E-state index in [9.17, 15) is 0 Å². The molecule has 636 valence electrons. The third-order valence-electron chi connectivity index (χ3n) is 28.4. The van der Waals surface area contributed by atoms with Crippen molar-refractivity contribution in [3.05, 3.63) is 497 Å². The Balaban J connectivity index is 0.000000106. The largest absolute Gasteiger partial charge is 0.497 e. The summed E-state index contributed by atoms with van der Waals surface area (Å²) in [6.45, 7) is 2.16. The standard InChI is InChI=1S/C46H29N.C43H29NO.C43H29N/c1-2-15-35-30(12-1)24-25-31-26-27-33(29-42(31)35)46-40-20-5-3-18-38(40)45(39-19-4-6-21-41(39)46)32-13-11-14-34(28-32)47-43-22-9-7-16-36(43)37-17-8-10-23-44(37)47;1-45-33-24-23-28-25-31(22-21-29(28)27-33)43-38-17-4-2-15-36(38)42(37-16-3-5-18-39(37)43)30-11-10-12-32(26-30)44-40-19-8-6-13-34(40)35-14-7-9-20-41(35)44;1-28-21-22-30-26-32(24-23-29(30)25-28)43-38-17-4-2-15-36(38)42(37-16-3-5-18-39(37)43)31-11-10-12-33(27-31)44-40-19-8-6-13-34(40)35-14-7-9-20-41(35)44/h1-29H;2-27H,1H3;2-27H,1H3. The van der Waals surface area contributed by atoms with E-state index >= 15 is 0 Å². The van der Waals surface area contributed by atoms with E-state index in [2.05, 4.69) is 506 Å². The summed E-state index contributed by atoms with van der Waals surface area (Å²) in [5, 5.41) is 32.8. The molecule has 28 rings (SSSR count). The highest BCUT2D eigenvalue weighted by Gasteiger charge is 2.25. The van der Waals surface area contributed by atoms with Gasteiger partial charge in [-0.3, -0.25) is 0 Å². The predicted octanol–water partition coefficient (Wildman–Crippen LogP) is 36.2. The molecule has 0 radical (unpaired) electrons. The van der Waals surface area contributed by atoms with E-state index in [-0.39, 0.29) is 0 Å². The monoisotopic (exact) mass is 1730 g/mol. The van der Waals surface area contributed by atoms with Gasteiger partial charge in [0, 0.05) is 49.4 Å². The van der Waals surface area contributed by atoms with Crippen molar-refractivity contribution < 1.29 is 4.74 Å². The third kappa shape index (κ3) is 13.1. The summed E-state index contributed by atoms with van der Waals surface area (Å²) < 4.78 is 12.7. The van der Waals surface area contributed by atoms with Gasteiger partial charge in [-0.15, -0.1) is 0 Å². The molecule has 0 aliphatic carbocycles. The maximum atomic E-state index is 5.48. The van der Waals surface area contributed by atoms with Gasteiger partial charge in [-0.05, 0) is 285 Å². The van der Waals surface area contributed by atoms with Crippen LogP contribution in [0, 0.1) is 6.92 Å². The van der Waals surface area contributed by atoms with Gasteiger partial charge in [-0.25, -0.2) is 0 Å². The number of para-hydroxylation sites is 6. The normalized spacial score (nSPS) is 11.8. The zero-order valence-electron chi connectivity index (χ0n) is 75.0. The third-order valence-corrected chi connectivity index (χ3v) is 28.4. The molecule has 0 bridgehead atoms. The van der Waals surface area contributed by atoms with Crippen LogP contribution in [0.4, 0.5) is 0 Å². The Kier molecular flexibility index (Phi) is 19.1. The number of benzene rings is 25. The first-order valence-electron chi connectivity index (χ1n) is 46.9. The van der Waals surface area contributed by atoms with Crippen LogP contribution in [-0.2, 0) is 0 Å². The van der Waals surface area contributed by atoms with Crippen molar-refractivity contribution in [2.24, 2.45) is 0 Å². The lowest BCUT2D eigenvalue weighted by Gasteiger charge is -2.19. The summed E-state index contributed by atoms with van der Waals surface area (Å²) in [5.41, 5.74) is 27.1. The number of methoxy groups -OCH3 is 1. The molecule has 0 fully saturated rings. The fourth-order valence-corrected chi connectivity index (χ4v) is 22.4. The first kappa shape index (κ1) is 79.3. The van der Waals surface area contributed by atoms with Gasteiger partial charge in [0.25, 0.3) is 0 Å². The SMILES string of the molecule is COc1ccc2cc(-c3c4ccccc4c(-c4cccc(-n5c6ccccc6c6ccccc65)c4)c4ccccc34)ccc2c1.Cc1ccc2cc(-c3c4ccccc4c(-c4cccc(-n5c6ccccc6c6ccccc65)c4)c4ccccc34)ccc2c1.c1cc(-c2c3ccccc3c(-c3ccc4ccc5ccccc5c4c3)c3ccccc23)cc(-n2c3ccccc3c3ccccc32)c1. The van der Waals surface area contributed by atoms with E-state index in [0.29, 0.717) is 0 Å². The molecule has 0 amide bonds. The minimum Gasteiger partial charge on any atom is -0.497 e. The Morgan fingerprint density at radius 3 is 0.676 bits per heavy atom. The van der Waals surface area contributed by atoms with Crippen molar-refractivity contribution in [2.75, 3.05) is 7.11 Å². The Hall–Kier alpha value is -17.7. The number of aromatic nitrogens is 3. The fourth-order valence-electron chi connectivity index (χ4n) is 22.4. The van der Waals surface area contributed by atoms with E-state index in [0.717, 1.165) is 11.4 Å². The number of hydrogen-bond donors (Lipinski definition) is 0. The minimum atomic E-state index is 0.874. The Bertz CT molecular complexity index is 9450. The molecule has 4 heteroatoms. The van der Waals surface area contributed by atoms with Crippen molar-refractivity contribution in [3.8, 4) is 89.6 Å². The summed E-state index contributed by atoms with van der Waals surface area (Å²) in [5.74, 6) is 0.874. The highest BCUT2D eigenvalue weighted by molar-refractivity contribution is 6.26. The van der Waals surface area contributed by atoms with Gasteiger partial charge in [0.05, 0.1) is 40.2 Å². The first-order chi connectivity index (χ1) is 67.4. The molecule has 0 aliphatic rings. The molecule has 0 atom stereocenters. The average molecular weight is 1730 g/mol. The molecule has 0 saturated carbocycles. The van der Waals surface area contributed by atoms with Crippen LogP contribution in [0.2, 0.25) is 0 Å². The number of rotatable bonds is 10. The van der Waals surface area contributed by atoms with Crippen LogP contribution >= 0.6 is 0 Å². The van der Waals surface area contributed by atoms with Crippen molar-refractivity contribution in [3.63, 3.8) is 0 Å². The molecular formula is C132H87N3O. The fraction of sp³-hybridized carbons (Fsp3) is 0.0152. The molecule has 25 aromatic carbocycles. The van der Waals surface area contributed by atoms with Gasteiger partial charge in [-0.2, -0.15) is 0 Å². The van der Waals surface area contributed by atoms with E-state index in [1.807, 2.05) is 6.07 Å². The lowest BCUT2D eigenvalue weighted by Crippen LogP contribution is -1.95. The van der Waals surface area contributed by atoms with Crippen LogP contribution in [0.15, 0.2) is 491 Å². The van der Waals surface area contributed by atoms with Crippen LogP contribution in [0.3, 0.4) is 0 Å². The Morgan fingerprint density at radius 2 is 0.368 bits per heavy atom. The molecule has 0 saturated heterocycles. The second-order valence-electron chi connectivity index (χ2n) is 36.0. The summed E-state index contributed by atoms with van der Waals surface area (Å²) in [7, 11) is 1.72. The average Bonchev–Trinajstić information content (AvgIpc) is 0.832. The van der Waals surface area contributed by atoms with E-state index in [4.69, 9.17) is 4.74 Å². The molecular weight excluding hydrogens is 1640 g/mol. The Morgan fingerprint density at radius 1 is 0.147 bits per heavy atom. The topological polar surface area (TPSA) is 24.0 Å². The quantitative estimate of drug-likeness (QED) is 0.0989. The number of hydrogen-bond acceptors (Lipinski definition) is 1. The first-order valence-corrected chi connectivity index (χ1v) is 46.9. The number of ether oxygens (including phenoxy) is 1. The molecule has 4 nitrogen and oxygen atoms in total. The Labute approximate surface area is 786 Å². The second-order valence-corrected chi connectivity index (χ2v) is 36.0. The van der Waals surface area contributed by atoms with Gasteiger partial charge in [0.2, 0.25) is 0 Å². The second kappa shape index (κ2) is 32.7. The molecule has 3 heterocycles. The van der Waals surface area contributed by atoms with Crippen LogP contribution in [0.25, 0.3) is 257 Å². The highest BCUT2D eigenvalue weighted by Crippen LogP contribution is 2.51. The predicted molar refractivity (Wildman–Crippen MR) is 581 cm³/mol. The lowest BCUT2D eigenvalue weighted by molar-refractivity contribution is 0.415. The van der Waals surface area contributed by atoms with Crippen LogP contribution < -0.4 is 4.74 Å². The highest BCUT2D eigenvalue weighted by atomic mass is 16.5. The van der Waals surface area contributed by atoms with Crippen LogP contribution in [0.1, 0.15) is 5.56 Å². The van der Waals surface area contributed by atoms with Gasteiger partial charge < -0.3 is 18.4 Å². The van der Waals surface area contributed by atoms with E-state index in [1.165, 1.54) is 257 Å². The number of fused-ring (bicyclic) bond motifs is 20. The molecule has 0 spiro atoms. The maximum absolute atomic E-state index is 5.48. The van der Waals surface area contributed by atoms with Gasteiger partial charge in [-0.1, -0.05) is 394 Å².